The number of nitrogens with one attached hydrogen (secondary N) is 1. The molecule has 1 saturated heterocycles. The third-order valence-electron chi connectivity index (χ3n) is 7.66. The molecule has 3 nitrogen and oxygen atoms in total. The molecule has 4 unspecified atom stereocenters. The van der Waals surface area contributed by atoms with Crippen molar-refractivity contribution >= 4 is 0 Å². The summed E-state index contributed by atoms with van der Waals surface area (Å²) in [7, 11) is 0. The molecule has 154 valence electrons. The van der Waals surface area contributed by atoms with E-state index in [1.807, 2.05) is 0 Å². The van der Waals surface area contributed by atoms with Crippen molar-refractivity contribution < 1.29 is 4.74 Å². The van der Waals surface area contributed by atoms with Gasteiger partial charge in [0.05, 0.1) is 0 Å². The predicted octanol–water partition coefficient (Wildman–Crippen LogP) is 5.41. The van der Waals surface area contributed by atoms with Crippen molar-refractivity contribution in [3.8, 4) is 11.4 Å². The molecule has 2 heterocycles. The smallest absolute Gasteiger partial charge is 0.127 e. The van der Waals surface area contributed by atoms with Crippen molar-refractivity contribution in [3.63, 3.8) is 0 Å². The Balaban J connectivity index is 1.21. The molecule has 0 bridgehead atoms. The first-order chi connectivity index (χ1) is 14.8. The Kier molecular flexibility index (Phi) is 4.64. The van der Waals surface area contributed by atoms with Gasteiger partial charge in [-0.1, -0.05) is 24.3 Å². The maximum atomic E-state index is 6.67. The molecule has 2 aliphatic carbocycles. The number of hydrogen-bond donors (Lipinski definition) is 1. The van der Waals surface area contributed by atoms with Gasteiger partial charge in [0.1, 0.15) is 11.9 Å². The lowest BCUT2D eigenvalue weighted by molar-refractivity contribution is 0.130. The van der Waals surface area contributed by atoms with Crippen molar-refractivity contribution in [2.75, 3.05) is 13.1 Å². The lowest BCUT2D eigenvalue weighted by Crippen LogP contribution is -2.19. The summed E-state index contributed by atoms with van der Waals surface area (Å²) in [5.41, 5.74) is 4.05. The monoisotopic (exact) mass is 398 g/mol. The molecule has 3 aliphatic rings. The summed E-state index contributed by atoms with van der Waals surface area (Å²) in [6.07, 6.45) is 9.60. The van der Waals surface area contributed by atoms with Gasteiger partial charge in [0.15, 0.2) is 0 Å². The number of nitrogens with zero attached hydrogens (tertiary/aromatic N) is 1. The number of fused-ring (bicyclic) bond motifs is 2. The minimum absolute atomic E-state index is 0.178. The Labute approximate surface area is 179 Å². The highest BCUT2D eigenvalue weighted by molar-refractivity contribution is 5.40. The van der Waals surface area contributed by atoms with Crippen molar-refractivity contribution in [1.82, 2.24) is 9.88 Å². The minimum atomic E-state index is 0.178. The van der Waals surface area contributed by atoms with E-state index in [-0.39, 0.29) is 6.10 Å². The zero-order valence-electron chi connectivity index (χ0n) is 17.4. The number of benzene rings is 2. The van der Waals surface area contributed by atoms with E-state index in [0.29, 0.717) is 5.92 Å². The van der Waals surface area contributed by atoms with Gasteiger partial charge in [-0.25, -0.2) is 0 Å². The lowest BCUT2D eigenvalue weighted by atomic mass is 9.88. The zero-order chi connectivity index (χ0) is 19.9. The van der Waals surface area contributed by atoms with E-state index in [0.717, 1.165) is 29.9 Å². The quantitative estimate of drug-likeness (QED) is 0.622. The van der Waals surface area contributed by atoms with Crippen LogP contribution in [0.5, 0.6) is 5.75 Å². The maximum Gasteiger partial charge on any atom is 0.127 e. The Morgan fingerprint density at radius 3 is 2.37 bits per heavy atom. The zero-order valence-corrected chi connectivity index (χ0v) is 17.4. The van der Waals surface area contributed by atoms with Crippen LogP contribution in [0.1, 0.15) is 36.5 Å². The van der Waals surface area contributed by atoms with Crippen molar-refractivity contribution in [1.29, 1.82) is 0 Å². The van der Waals surface area contributed by atoms with Crippen molar-refractivity contribution in [2.24, 2.45) is 23.7 Å². The fraction of sp³-hybridized carbons (Fsp3) is 0.407. The van der Waals surface area contributed by atoms with Crippen LogP contribution in [0.15, 0.2) is 73.1 Å². The maximum absolute atomic E-state index is 6.67. The van der Waals surface area contributed by atoms with Crippen molar-refractivity contribution in [3.05, 3.63) is 84.2 Å². The molecule has 0 radical (unpaired) electrons. The van der Waals surface area contributed by atoms with Gasteiger partial charge in [-0.2, -0.15) is 0 Å². The Hall–Kier alpha value is -2.52. The molecule has 0 spiro atoms. The van der Waals surface area contributed by atoms with E-state index in [1.165, 1.54) is 49.2 Å². The van der Waals surface area contributed by atoms with Crippen LogP contribution < -0.4 is 10.1 Å². The summed E-state index contributed by atoms with van der Waals surface area (Å²) in [5, 5.41) is 3.58. The van der Waals surface area contributed by atoms with E-state index >= 15 is 0 Å². The van der Waals surface area contributed by atoms with Gasteiger partial charge in [-0.3, -0.25) is 0 Å². The summed E-state index contributed by atoms with van der Waals surface area (Å²) in [6.45, 7) is 2.47. The highest BCUT2D eigenvalue weighted by atomic mass is 16.5. The molecule has 3 aromatic rings. The lowest BCUT2D eigenvalue weighted by Gasteiger charge is -2.25. The SMILES string of the molecule is c1ccc2c(c1)CC(CC1CC3CNCC3C1)C2Oc1ccc(-n2cccc2)cc1. The van der Waals surface area contributed by atoms with Gasteiger partial charge in [-0.15, -0.1) is 0 Å². The number of aromatic nitrogens is 1. The summed E-state index contributed by atoms with van der Waals surface area (Å²) >= 11 is 0. The van der Waals surface area contributed by atoms with Crippen LogP contribution in [0, 0.1) is 23.7 Å². The molecular formula is C27H30N2O. The van der Waals surface area contributed by atoms with Crippen LogP contribution in [-0.4, -0.2) is 17.7 Å². The van der Waals surface area contributed by atoms with Crippen LogP contribution in [0.4, 0.5) is 0 Å². The van der Waals surface area contributed by atoms with Crippen LogP contribution in [-0.2, 0) is 6.42 Å². The highest BCUT2D eigenvalue weighted by Crippen LogP contribution is 2.47. The molecule has 4 atom stereocenters. The largest absolute Gasteiger partial charge is 0.485 e. The molecular weight excluding hydrogens is 368 g/mol. The fourth-order valence-electron chi connectivity index (χ4n) is 6.27. The van der Waals surface area contributed by atoms with E-state index in [2.05, 4.69) is 82.9 Å². The van der Waals surface area contributed by atoms with Gasteiger partial charge in [0, 0.05) is 24.0 Å². The molecule has 1 aliphatic heterocycles. The Morgan fingerprint density at radius 2 is 1.60 bits per heavy atom. The van der Waals surface area contributed by atoms with Gasteiger partial charge in [0.2, 0.25) is 0 Å². The van der Waals surface area contributed by atoms with Crippen molar-refractivity contribution in [2.45, 2.75) is 31.8 Å². The van der Waals surface area contributed by atoms with E-state index in [1.54, 1.807) is 0 Å². The molecule has 3 heteroatoms. The highest BCUT2D eigenvalue weighted by Gasteiger charge is 2.41. The van der Waals surface area contributed by atoms with E-state index in [4.69, 9.17) is 4.74 Å². The topological polar surface area (TPSA) is 26.2 Å². The first kappa shape index (κ1) is 18.3. The normalized spacial score (nSPS) is 29.7. The molecule has 2 aromatic carbocycles. The Morgan fingerprint density at radius 1 is 0.867 bits per heavy atom. The van der Waals surface area contributed by atoms with Crippen LogP contribution >= 0.6 is 0 Å². The third kappa shape index (κ3) is 3.35. The second-order valence-corrected chi connectivity index (χ2v) is 9.54. The third-order valence-corrected chi connectivity index (χ3v) is 7.66. The minimum Gasteiger partial charge on any atom is -0.485 e. The van der Waals surface area contributed by atoms with Gasteiger partial charge < -0.3 is 14.6 Å². The first-order valence-electron chi connectivity index (χ1n) is 11.5. The van der Waals surface area contributed by atoms with Crippen LogP contribution in [0.25, 0.3) is 5.69 Å². The second-order valence-electron chi connectivity index (χ2n) is 9.54. The summed E-state index contributed by atoms with van der Waals surface area (Å²) in [4.78, 5) is 0. The number of hydrogen-bond acceptors (Lipinski definition) is 2. The van der Waals surface area contributed by atoms with Gasteiger partial charge >= 0.3 is 0 Å². The number of rotatable bonds is 5. The fourth-order valence-corrected chi connectivity index (χ4v) is 6.27. The molecule has 30 heavy (non-hydrogen) atoms. The van der Waals surface area contributed by atoms with Crippen LogP contribution in [0.2, 0.25) is 0 Å². The molecule has 1 aromatic heterocycles. The molecule has 1 N–H and O–H groups in total. The molecule has 6 rings (SSSR count). The number of ether oxygens (including phenoxy) is 1. The van der Waals surface area contributed by atoms with Crippen LogP contribution in [0.3, 0.4) is 0 Å². The molecule has 1 saturated carbocycles. The summed E-state index contributed by atoms with van der Waals surface area (Å²) in [5.74, 6) is 4.26. The first-order valence-corrected chi connectivity index (χ1v) is 11.5. The molecule has 2 fully saturated rings. The average molecular weight is 399 g/mol. The van der Waals surface area contributed by atoms with Gasteiger partial charge in [-0.05, 0) is 104 Å². The second kappa shape index (κ2) is 7.63. The Bertz CT molecular complexity index is 982. The van der Waals surface area contributed by atoms with Gasteiger partial charge in [0.25, 0.3) is 0 Å². The standard InChI is InChI=1S/C27H30N2O/c1-2-6-26-20(5-1)16-21(13-19-14-22-17-28-18-23(22)15-19)27(26)30-25-9-7-24(8-10-25)29-11-3-4-12-29/h1-12,19,21-23,27-28H,13-18H2. The molecule has 0 amide bonds. The predicted molar refractivity (Wildman–Crippen MR) is 120 cm³/mol. The van der Waals surface area contributed by atoms with E-state index in [9.17, 15) is 0 Å². The van der Waals surface area contributed by atoms with E-state index < -0.39 is 0 Å². The summed E-state index contributed by atoms with van der Waals surface area (Å²) < 4.78 is 8.80. The summed E-state index contributed by atoms with van der Waals surface area (Å²) in [6, 6.07) is 21.6. The average Bonchev–Trinajstić information content (AvgIpc) is 3.54.